The number of rotatable bonds is 10. The highest BCUT2D eigenvalue weighted by Gasteiger charge is 2.56. The standard InChI is InChI=1S/C54H78N2O12/c1-10-14-39-25-32(3)24-33(4)26-47(64-8)50-48(65-9)28-35(6)54(63,68-50)51(60)52(61)56-22-13-12-15-42(56)53(62)67-49(36(7)43(57)31-44(39)58)34(5)27-37-16-19-46(45(59)29-37)66-40-17-18-41-38(30-40)20-23-55(41)21-11-2/h10,17-18,20,23,25,27,30,33,35-37,39,42-43,45-50,57,59,63H,1,11-16,19,21-22,24,26,28-29,31H2,2-9H3. The Bertz CT molecular complexity index is 2150. The van der Waals surface area contributed by atoms with Crippen molar-refractivity contribution in [1.82, 2.24) is 9.47 Å². The smallest absolute Gasteiger partial charge is 0.329 e. The van der Waals surface area contributed by atoms with Crippen molar-refractivity contribution in [2.75, 3.05) is 20.8 Å². The molecule has 68 heavy (non-hydrogen) atoms. The van der Waals surface area contributed by atoms with Gasteiger partial charge in [0.25, 0.3) is 11.7 Å². The van der Waals surface area contributed by atoms with Gasteiger partial charge >= 0.3 is 5.97 Å². The van der Waals surface area contributed by atoms with Gasteiger partial charge in [-0.1, -0.05) is 51.5 Å². The Hall–Kier alpha value is -4.18. The summed E-state index contributed by atoms with van der Waals surface area (Å²) in [6, 6.07) is 6.89. The van der Waals surface area contributed by atoms with Crippen LogP contribution in [-0.2, 0) is 44.7 Å². The second kappa shape index (κ2) is 23.6. The number of carbonyl (C=O) groups is 4. The summed E-state index contributed by atoms with van der Waals surface area (Å²) >= 11 is 0. The number of nitrogens with zero attached hydrogens (tertiary/aromatic N) is 2. The molecule has 14 nitrogen and oxygen atoms in total. The number of fused-ring (bicyclic) bond motifs is 4. The van der Waals surface area contributed by atoms with Crippen LogP contribution in [0.15, 0.2) is 66.4 Å². The van der Waals surface area contributed by atoms with Crippen LogP contribution in [0.1, 0.15) is 119 Å². The molecule has 1 saturated carbocycles. The highest BCUT2D eigenvalue weighted by Crippen LogP contribution is 2.40. The van der Waals surface area contributed by atoms with Crippen molar-refractivity contribution in [3.8, 4) is 5.75 Å². The second-order valence-electron chi connectivity index (χ2n) is 20.4. The number of aryl methyl sites for hydroxylation is 1. The maximum absolute atomic E-state index is 14.5. The Labute approximate surface area is 403 Å². The van der Waals surface area contributed by atoms with Crippen LogP contribution in [-0.4, -0.2) is 124 Å². The lowest BCUT2D eigenvalue weighted by molar-refractivity contribution is -0.302. The van der Waals surface area contributed by atoms with E-state index in [1.807, 2.05) is 51.1 Å². The lowest BCUT2D eigenvalue weighted by atomic mass is 9.81. The van der Waals surface area contributed by atoms with Gasteiger partial charge in [0.05, 0.1) is 24.4 Å². The summed E-state index contributed by atoms with van der Waals surface area (Å²) < 4.78 is 33.0. The normalized spacial score (nSPS) is 35.5. The fourth-order valence-corrected chi connectivity index (χ4v) is 11.2. The average molecular weight is 947 g/mol. The number of ether oxygens (including phenoxy) is 5. The molecule has 3 aliphatic heterocycles. The molecule has 1 aromatic carbocycles. The van der Waals surface area contributed by atoms with Gasteiger partial charge in [-0.2, -0.15) is 0 Å². The first-order chi connectivity index (χ1) is 32.4. The largest absolute Gasteiger partial charge is 0.488 e. The molecule has 3 N–H and O–H groups in total. The summed E-state index contributed by atoms with van der Waals surface area (Å²) in [7, 11) is 3.06. The van der Waals surface area contributed by atoms with E-state index in [-0.39, 0.29) is 43.4 Å². The van der Waals surface area contributed by atoms with Crippen molar-refractivity contribution in [1.29, 1.82) is 0 Å². The number of aliphatic hydroxyl groups excluding tert-OH is 2. The van der Waals surface area contributed by atoms with E-state index in [1.54, 1.807) is 19.9 Å². The van der Waals surface area contributed by atoms with E-state index in [9.17, 15) is 34.5 Å². The first-order valence-electron chi connectivity index (χ1n) is 25.0. The minimum Gasteiger partial charge on any atom is -0.488 e. The molecule has 376 valence electrons. The van der Waals surface area contributed by atoms with E-state index in [0.29, 0.717) is 62.7 Å². The maximum atomic E-state index is 14.5. The lowest BCUT2D eigenvalue weighted by Crippen LogP contribution is -2.64. The van der Waals surface area contributed by atoms with Crippen LogP contribution in [0.2, 0.25) is 0 Å². The van der Waals surface area contributed by atoms with Gasteiger partial charge in [-0.15, -0.1) is 6.58 Å². The number of Topliss-reactive ketones (excluding diaryl/α,β-unsaturated/α-hetero) is 2. The number of benzene rings is 1. The number of ketones is 2. The molecule has 6 rings (SSSR count). The number of amides is 1. The third kappa shape index (κ3) is 12.2. The van der Waals surface area contributed by atoms with Gasteiger partial charge in [-0.25, -0.2) is 4.79 Å². The summed E-state index contributed by atoms with van der Waals surface area (Å²) in [4.78, 5) is 58.6. The molecule has 0 radical (unpaired) electrons. The number of allylic oxidation sites excluding steroid dienone is 4. The van der Waals surface area contributed by atoms with Gasteiger partial charge in [-0.3, -0.25) is 14.4 Å². The number of esters is 1. The Morgan fingerprint density at radius 2 is 1.68 bits per heavy atom. The summed E-state index contributed by atoms with van der Waals surface area (Å²) in [5.74, 6) is -7.32. The molecule has 14 heteroatoms. The number of hydrogen-bond acceptors (Lipinski definition) is 12. The lowest BCUT2D eigenvalue weighted by Gasteiger charge is -2.47. The zero-order valence-electron chi connectivity index (χ0n) is 41.6. The Kier molecular flexibility index (Phi) is 18.5. The Balaban J connectivity index is 1.29. The molecule has 4 heterocycles. The molecule has 14 unspecified atom stereocenters. The van der Waals surface area contributed by atoms with Gasteiger partial charge < -0.3 is 48.5 Å². The third-order valence-corrected chi connectivity index (χ3v) is 15.1. The van der Waals surface area contributed by atoms with Gasteiger partial charge in [-0.05, 0) is 126 Å². The van der Waals surface area contributed by atoms with E-state index in [2.05, 4.69) is 30.3 Å². The van der Waals surface area contributed by atoms with Crippen LogP contribution >= 0.6 is 0 Å². The highest BCUT2D eigenvalue weighted by molar-refractivity contribution is 6.39. The monoisotopic (exact) mass is 947 g/mol. The van der Waals surface area contributed by atoms with E-state index in [4.69, 9.17) is 23.7 Å². The van der Waals surface area contributed by atoms with Crippen molar-refractivity contribution in [2.24, 2.45) is 29.6 Å². The van der Waals surface area contributed by atoms with Crippen LogP contribution in [0, 0.1) is 29.6 Å². The molecule has 1 aliphatic carbocycles. The summed E-state index contributed by atoms with van der Waals surface area (Å²) in [5.41, 5.74) is 2.70. The van der Waals surface area contributed by atoms with Gasteiger partial charge in [0.15, 0.2) is 0 Å². The number of aliphatic hydroxyl groups is 3. The topological polar surface area (TPSA) is 183 Å². The van der Waals surface area contributed by atoms with Gasteiger partial charge in [0.1, 0.15) is 35.9 Å². The van der Waals surface area contributed by atoms with E-state index in [0.717, 1.165) is 29.4 Å². The first-order valence-corrected chi connectivity index (χ1v) is 25.0. The molecule has 2 aromatic rings. The fourth-order valence-electron chi connectivity index (χ4n) is 11.2. The van der Waals surface area contributed by atoms with Gasteiger partial charge in [0.2, 0.25) is 5.79 Å². The first kappa shape index (κ1) is 53.2. The zero-order chi connectivity index (χ0) is 49.4. The number of hydrogen-bond donors (Lipinski definition) is 3. The average Bonchev–Trinajstić information content (AvgIpc) is 3.71. The minimum absolute atomic E-state index is 0.00284. The predicted molar refractivity (Wildman–Crippen MR) is 258 cm³/mol. The quantitative estimate of drug-likeness (QED) is 0.122. The van der Waals surface area contributed by atoms with Crippen molar-refractivity contribution >= 4 is 34.3 Å². The third-order valence-electron chi connectivity index (χ3n) is 15.1. The van der Waals surface area contributed by atoms with E-state index < -0.39 is 90.0 Å². The van der Waals surface area contributed by atoms with Crippen LogP contribution in [0.25, 0.3) is 10.9 Å². The molecule has 14 atom stereocenters. The van der Waals surface area contributed by atoms with Crippen LogP contribution in [0.5, 0.6) is 5.75 Å². The van der Waals surface area contributed by atoms with Crippen LogP contribution in [0.4, 0.5) is 0 Å². The van der Waals surface area contributed by atoms with Crippen molar-refractivity contribution < 1.29 is 58.2 Å². The highest BCUT2D eigenvalue weighted by atomic mass is 16.7. The Morgan fingerprint density at radius 3 is 2.37 bits per heavy atom. The van der Waals surface area contributed by atoms with Crippen molar-refractivity contribution in [2.45, 2.75) is 180 Å². The van der Waals surface area contributed by atoms with E-state index >= 15 is 0 Å². The van der Waals surface area contributed by atoms with Crippen molar-refractivity contribution in [3.05, 3.63) is 66.4 Å². The summed E-state index contributed by atoms with van der Waals surface area (Å²) in [6.45, 7) is 16.2. The summed E-state index contributed by atoms with van der Waals surface area (Å²) in [5, 5.41) is 36.5. The maximum Gasteiger partial charge on any atom is 0.329 e. The molecule has 2 bridgehead atoms. The van der Waals surface area contributed by atoms with Crippen molar-refractivity contribution in [3.63, 3.8) is 0 Å². The van der Waals surface area contributed by atoms with Gasteiger partial charge in [0, 0.05) is 68.6 Å². The van der Waals surface area contributed by atoms with Crippen LogP contribution < -0.4 is 4.74 Å². The molecule has 0 spiro atoms. The molecular weight excluding hydrogens is 869 g/mol. The molecule has 2 saturated heterocycles. The molecule has 3 fully saturated rings. The zero-order valence-corrected chi connectivity index (χ0v) is 41.6. The number of methoxy groups -OCH3 is 2. The minimum atomic E-state index is -2.53. The second-order valence-corrected chi connectivity index (χ2v) is 20.4. The molecule has 4 aliphatic rings. The molecular formula is C54H78N2O12. The SMILES string of the molecule is C=CCC1C=C(C)CC(C)CC(OC)C2OC(O)(C(=O)C(=O)N3CCCCC3C(=O)OC(C(C)=CC3CCC(Oc4ccc5c(ccn5CCC)c4)C(O)C3)C(C)C(O)CC1=O)C(C)CC2OC. The predicted octanol–water partition coefficient (Wildman–Crippen LogP) is 7.44. The Morgan fingerprint density at radius 1 is 0.941 bits per heavy atom. The van der Waals surface area contributed by atoms with E-state index in [1.165, 1.54) is 19.1 Å². The fraction of sp³-hybridized carbons (Fsp3) is 0.667. The number of carbonyl (C=O) groups excluding carboxylic acids is 4. The number of cyclic esters (lactones) is 1. The molecule has 1 aromatic heterocycles. The molecule has 1 amide bonds. The summed E-state index contributed by atoms with van der Waals surface area (Å²) in [6.07, 6.45) is 7.42. The van der Waals surface area contributed by atoms with Crippen LogP contribution in [0.3, 0.4) is 0 Å². The number of aromatic nitrogens is 1. The number of piperidine rings is 1.